The Morgan fingerprint density at radius 2 is 2.11 bits per heavy atom. The van der Waals surface area contributed by atoms with Gasteiger partial charge in [-0.1, -0.05) is 35.0 Å². The molecule has 0 aliphatic heterocycles. The molecule has 0 heterocycles. The lowest BCUT2D eigenvalue weighted by molar-refractivity contribution is -0.119. The van der Waals surface area contributed by atoms with Crippen molar-refractivity contribution in [1.29, 1.82) is 0 Å². The number of nitrogens with two attached hydrogens (primary N) is 1. The number of nitrogens with one attached hydrogen (secondary N) is 1. The van der Waals surface area contributed by atoms with Crippen LogP contribution in [0.25, 0.3) is 0 Å². The number of hydrogen-bond acceptors (Lipinski definition) is 3. The summed E-state index contributed by atoms with van der Waals surface area (Å²) in [5.74, 6) is 0.00371. The Balaban J connectivity index is 2.62. The van der Waals surface area contributed by atoms with Gasteiger partial charge in [0.05, 0.1) is 5.54 Å². The molecular weight excluding hydrogens is 266 g/mol. The van der Waals surface area contributed by atoms with Crippen LogP contribution in [0.3, 0.4) is 0 Å². The number of halogens is 1. The number of amidine groups is 1. The summed E-state index contributed by atoms with van der Waals surface area (Å²) < 4.78 is 0. The summed E-state index contributed by atoms with van der Waals surface area (Å²) in [5, 5.41) is 7.09. The van der Waals surface area contributed by atoms with E-state index in [4.69, 9.17) is 22.2 Å². The summed E-state index contributed by atoms with van der Waals surface area (Å²) in [6.45, 7) is 5.12. The molecule has 1 rings (SSSR count). The third-order valence-corrected chi connectivity index (χ3v) is 2.84. The Labute approximate surface area is 117 Å². The minimum absolute atomic E-state index is 0.186. The van der Waals surface area contributed by atoms with Crippen molar-refractivity contribution in [2.75, 3.05) is 0 Å². The molecule has 0 atom stereocenters. The minimum Gasteiger partial charge on any atom is -0.389 e. The Morgan fingerprint density at radius 3 is 2.68 bits per heavy atom. The van der Waals surface area contributed by atoms with Crippen molar-refractivity contribution >= 4 is 23.3 Å². The third-order valence-electron chi connectivity index (χ3n) is 2.47. The standard InChI is InChI=1S/C13H18ClN3O2/c1-9(18)16-13(2,3)12(15)17-19-8-10-6-4-5-7-11(10)14/h4-7H,8H2,1-3H3,(H2,15,17)(H,16,18). The van der Waals surface area contributed by atoms with Crippen LogP contribution in [0.1, 0.15) is 26.3 Å². The molecule has 1 aromatic rings. The van der Waals surface area contributed by atoms with Crippen LogP contribution in [-0.2, 0) is 16.2 Å². The molecule has 0 saturated carbocycles. The molecule has 5 nitrogen and oxygen atoms in total. The summed E-state index contributed by atoms with van der Waals surface area (Å²) in [4.78, 5) is 16.2. The molecule has 0 saturated heterocycles. The number of oxime groups is 1. The molecule has 0 unspecified atom stereocenters. The first kappa shape index (κ1) is 15.3. The molecule has 0 bridgehead atoms. The number of hydrogen-bond donors (Lipinski definition) is 2. The number of carbonyl (C=O) groups is 1. The van der Waals surface area contributed by atoms with E-state index in [1.54, 1.807) is 19.9 Å². The zero-order valence-corrected chi connectivity index (χ0v) is 12.0. The van der Waals surface area contributed by atoms with Crippen molar-refractivity contribution in [3.63, 3.8) is 0 Å². The average molecular weight is 284 g/mol. The maximum atomic E-state index is 11.0. The monoisotopic (exact) mass is 283 g/mol. The molecule has 0 aliphatic carbocycles. The van der Waals surface area contributed by atoms with Gasteiger partial charge < -0.3 is 15.9 Å². The first-order chi connectivity index (χ1) is 8.83. The van der Waals surface area contributed by atoms with Gasteiger partial charge in [-0.25, -0.2) is 0 Å². The predicted molar refractivity (Wildman–Crippen MR) is 75.8 cm³/mol. The zero-order chi connectivity index (χ0) is 14.5. The third kappa shape index (κ3) is 4.79. The largest absolute Gasteiger partial charge is 0.389 e. The molecule has 1 aromatic carbocycles. The molecule has 6 heteroatoms. The fraction of sp³-hybridized carbons (Fsp3) is 0.385. The molecule has 0 aliphatic rings. The zero-order valence-electron chi connectivity index (χ0n) is 11.2. The van der Waals surface area contributed by atoms with Gasteiger partial charge in [-0.05, 0) is 19.9 Å². The molecule has 1 amide bonds. The summed E-state index contributed by atoms with van der Waals surface area (Å²) in [6, 6.07) is 7.31. The number of nitrogens with zero attached hydrogens (tertiary/aromatic N) is 1. The van der Waals surface area contributed by atoms with E-state index >= 15 is 0 Å². The van der Waals surface area contributed by atoms with Crippen molar-refractivity contribution in [3.8, 4) is 0 Å². The average Bonchev–Trinajstić information content (AvgIpc) is 2.29. The van der Waals surface area contributed by atoms with Crippen LogP contribution in [0, 0.1) is 0 Å². The lowest BCUT2D eigenvalue weighted by atomic mass is 10.0. The van der Waals surface area contributed by atoms with Gasteiger partial charge >= 0.3 is 0 Å². The predicted octanol–water partition coefficient (Wildman–Crippen LogP) is 2.04. The van der Waals surface area contributed by atoms with Crippen LogP contribution in [-0.4, -0.2) is 17.3 Å². The van der Waals surface area contributed by atoms with E-state index in [2.05, 4.69) is 10.5 Å². The van der Waals surface area contributed by atoms with E-state index in [0.29, 0.717) is 5.02 Å². The van der Waals surface area contributed by atoms with Gasteiger partial charge in [0.15, 0.2) is 5.84 Å². The lowest BCUT2D eigenvalue weighted by Gasteiger charge is -2.24. The van der Waals surface area contributed by atoms with Gasteiger partial charge in [0.1, 0.15) is 6.61 Å². The van der Waals surface area contributed by atoms with Gasteiger partial charge in [-0.3, -0.25) is 4.79 Å². The Hall–Kier alpha value is -1.75. The van der Waals surface area contributed by atoms with Crippen LogP contribution >= 0.6 is 11.6 Å². The molecule has 0 fully saturated rings. The highest BCUT2D eigenvalue weighted by atomic mass is 35.5. The van der Waals surface area contributed by atoms with E-state index < -0.39 is 5.54 Å². The molecule has 0 spiro atoms. The van der Waals surface area contributed by atoms with Crippen molar-refractivity contribution in [1.82, 2.24) is 5.32 Å². The number of rotatable bonds is 5. The minimum atomic E-state index is -0.758. The first-order valence-electron chi connectivity index (χ1n) is 5.81. The second kappa shape index (κ2) is 6.43. The Morgan fingerprint density at radius 1 is 1.47 bits per heavy atom. The highest BCUT2D eigenvalue weighted by Crippen LogP contribution is 2.15. The van der Waals surface area contributed by atoms with Gasteiger partial charge in [0.2, 0.25) is 5.91 Å². The molecule has 0 radical (unpaired) electrons. The number of benzene rings is 1. The molecule has 104 valence electrons. The highest BCUT2D eigenvalue weighted by molar-refractivity contribution is 6.31. The van der Waals surface area contributed by atoms with Crippen molar-refractivity contribution in [2.24, 2.45) is 10.9 Å². The second-order valence-corrected chi connectivity index (χ2v) is 5.05. The Bertz CT molecular complexity index is 487. The van der Waals surface area contributed by atoms with Crippen LogP contribution in [0.4, 0.5) is 0 Å². The van der Waals surface area contributed by atoms with Crippen LogP contribution in [0.2, 0.25) is 5.02 Å². The van der Waals surface area contributed by atoms with Crippen molar-refractivity contribution < 1.29 is 9.63 Å². The lowest BCUT2D eigenvalue weighted by Crippen LogP contribution is -2.52. The number of carbonyl (C=O) groups excluding carboxylic acids is 1. The fourth-order valence-corrected chi connectivity index (χ4v) is 1.60. The van der Waals surface area contributed by atoms with E-state index in [1.807, 2.05) is 18.2 Å². The van der Waals surface area contributed by atoms with Gasteiger partial charge in [-0.2, -0.15) is 0 Å². The van der Waals surface area contributed by atoms with Gasteiger partial charge in [0.25, 0.3) is 0 Å². The molecule has 19 heavy (non-hydrogen) atoms. The smallest absolute Gasteiger partial charge is 0.217 e. The fourth-order valence-electron chi connectivity index (χ4n) is 1.41. The quantitative estimate of drug-likeness (QED) is 0.493. The molecule has 3 N–H and O–H groups in total. The SMILES string of the molecule is CC(=O)NC(C)(C)/C(N)=N/OCc1ccccc1Cl. The molecule has 0 aromatic heterocycles. The van der Waals surface area contributed by atoms with Gasteiger partial charge in [0, 0.05) is 17.5 Å². The number of amides is 1. The highest BCUT2D eigenvalue weighted by Gasteiger charge is 2.24. The summed E-state index contributed by atoms with van der Waals surface area (Å²) >= 11 is 5.98. The van der Waals surface area contributed by atoms with Crippen LogP contribution in [0.15, 0.2) is 29.4 Å². The van der Waals surface area contributed by atoms with Gasteiger partial charge in [-0.15, -0.1) is 0 Å². The maximum Gasteiger partial charge on any atom is 0.217 e. The summed E-state index contributed by atoms with van der Waals surface area (Å²) in [5.41, 5.74) is 5.84. The maximum absolute atomic E-state index is 11.0. The first-order valence-corrected chi connectivity index (χ1v) is 6.19. The Kier molecular flexibility index (Phi) is 5.18. The second-order valence-electron chi connectivity index (χ2n) is 4.65. The summed E-state index contributed by atoms with van der Waals surface area (Å²) in [7, 11) is 0. The summed E-state index contributed by atoms with van der Waals surface area (Å²) in [6.07, 6.45) is 0. The molecular formula is C13H18ClN3O2. The van der Waals surface area contributed by atoms with E-state index in [1.165, 1.54) is 6.92 Å². The van der Waals surface area contributed by atoms with Crippen LogP contribution in [0.5, 0.6) is 0 Å². The topological polar surface area (TPSA) is 76.7 Å². The van der Waals surface area contributed by atoms with Crippen molar-refractivity contribution in [3.05, 3.63) is 34.9 Å². The normalized spacial score (nSPS) is 12.1. The van der Waals surface area contributed by atoms with E-state index in [-0.39, 0.29) is 18.3 Å². The van der Waals surface area contributed by atoms with E-state index in [9.17, 15) is 4.79 Å². The van der Waals surface area contributed by atoms with Crippen molar-refractivity contribution in [2.45, 2.75) is 32.9 Å². The van der Waals surface area contributed by atoms with Crippen LogP contribution < -0.4 is 11.1 Å². The van der Waals surface area contributed by atoms with E-state index in [0.717, 1.165) is 5.56 Å².